The van der Waals surface area contributed by atoms with Gasteiger partial charge in [-0.05, 0) is 12.6 Å². The number of nitrogens with zero attached hydrogens (tertiary/aromatic N) is 4. The molecule has 1 saturated heterocycles. The van der Waals surface area contributed by atoms with Crippen LogP contribution in [0.3, 0.4) is 0 Å². The molecule has 0 bridgehead atoms. The van der Waals surface area contributed by atoms with E-state index in [1.165, 1.54) is 16.7 Å². The molecule has 0 saturated carbocycles. The number of aromatic nitrogens is 2. The lowest BCUT2D eigenvalue weighted by Crippen LogP contribution is -2.49. The zero-order chi connectivity index (χ0) is 16.4. The summed E-state index contributed by atoms with van der Waals surface area (Å²) in [6, 6.07) is 9.42. The van der Waals surface area contributed by atoms with Gasteiger partial charge in [-0.2, -0.15) is 4.31 Å². The molecule has 0 radical (unpaired) electrons. The number of piperazine rings is 1. The molecular weight excluding hydrogens is 314 g/mol. The smallest absolute Gasteiger partial charge is 0.246 e. The van der Waals surface area contributed by atoms with E-state index in [2.05, 4.69) is 14.9 Å². The molecule has 8 heteroatoms. The molecule has 1 aromatic carbocycles. The molecule has 1 unspecified atom stereocenters. The standard InChI is InChI=1S/C15H19N5O2S/c1-19-7-8-20(14(11-19)12-5-3-2-4-6-12)23(21,22)13-9-17-15(16)18-10-13/h2-6,9-10,14H,7-8,11H2,1H3,(H2,16,17,18). The van der Waals surface area contributed by atoms with Crippen molar-refractivity contribution in [3.8, 4) is 0 Å². The summed E-state index contributed by atoms with van der Waals surface area (Å²) in [4.78, 5) is 9.80. The number of hydrogen-bond acceptors (Lipinski definition) is 6. The van der Waals surface area contributed by atoms with Crippen LogP contribution in [-0.2, 0) is 10.0 Å². The molecule has 1 fully saturated rings. The van der Waals surface area contributed by atoms with E-state index in [1.54, 1.807) is 0 Å². The Kier molecular flexibility index (Phi) is 4.29. The minimum atomic E-state index is -3.67. The average Bonchev–Trinajstić information content (AvgIpc) is 2.56. The molecule has 2 aromatic rings. The van der Waals surface area contributed by atoms with Gasteiger partial charge >= 0.3 is 0 Å². The molecule has 2 N–H and O–H groups in total. The first kappa shape index (κ1) is 15.9. The van der Waals surface area contributed by atoms with Crippen LogP contribution in [0.15, 0.2) is 47.6 Å². The Labute approximate surface area is 135 Å². The van der Waals surface area contributed by atoms with Gasteiger partial charge in [-0.25, -0.2) is 18.4 Å². The predicted octanol–water partition coefficient (Wildman–Crippen LogP) is 0.736. The molecular formula is C15H19N5O2S. The monoisotopic (exact) mass is 333 g/mol. The van der Waals surface area contributed by atoms with Crippen molar-refractivity contribution in [2.75, 3.05) is 32.4 Å². The quantitative estimate of drug-likeness (QED) is 0.890. The fourth-order valence-corrected chi connectivity index (χ4v) is 4.22. The number of rotatable bonds is 3. The summed E-state index contributed by atoms with van der Waals surface area (Å²) in [6.45, 7) is 1.74. The lowest BCUT2D eigenvalue weighted by atomic mass is 10.1. The topological polar surface area (TPSA) is 92.4 Å². The maximum atomic E-state index is 13.0. The van der Waals surface area contributed by atoms with E-state index in [1.807, 2.05) is 37.4 Å². The summed E-state index contributed by atoms with van der Waals surface area (Å²) in [7, 11) is -1.68. The molecule has 1 aliphatic rings. The molecule has 3 rings (SSSR count). The molecule has 1 aliphatic heterocycles. The molecule has 122 valence electrons. The molecule has 7 nitrogen and oxygen atoms in total. The summed E-state index contributed by atoms with van der Waals surface area (Å²) in [5.41, 5.74) is 6.42. The fraction of sp³-hybridized carbons (Fsp3) is 0.333. The van der Waals surface area contributed by atoms with E-state index >= 15 is 0 Å². The first-order valence-corrected chi connectivity index (χ1v) is 8.75. The highest BCUT2D eigenvalue weighted by atomic mass is 32.2. The minimum absolute atomic E-state index is 0.0573. The number of likely N-dealkylation sites (N-methyl/N-ethyl adjacent to an activating group) is 1. The van der Waals surface area contributed by atoms with Crippen molar-refractivity contribution >= 4 is 16.0 Å². The van der Waals surface area contributed by atoms with Crippen molar-refractivity contribution < 1.29 is 8.42 Å². The number of sulfonamides is 1. The zero-order valence-electron chi connectivity index (χ0n) is 12.8. The number of nitrogens with two attached hydrogens (primary N) is 1. The predicted molar refractivity (Wildman–Crippen MR) is 87.0 cm³/mol. The molecule has 1 aromatic heterocycles. The second kappa shape index (κ2) is 6.23. The van der Waals surface area contributed by atoms with E-state index in [4.69, 9.17) is 5.73 Å². The van der Waals surface area contributed by atoms with E-state index in [9.17, 15) is 8.42 Å². The van der Waals surface area contributed by atoms with Gasteiger partial charge in [0.05, 0.1) is 18.4 Å². The van der Waals surface area contributed by atoms with Crippen LogP contribution in [0.25, 0.3) is 0 Å². The third kappa shape index (κ3) is 3.19. The van der Waals surface area contributed by atoms with Crippen molar-refractivity contribution in [2.45, 2.75) is 10.9 Å². The van der Waals surface area contributed by atoms with Crippen molar-refractivity contribution in [3.63, 3.8) is 0 Å². The van der Waals surface area contributed by atoms with E-state index in [0.29, 0.717) is 19.6 Å². The zero-order valence-corrected chi connectivity index (χ0v) is 13.6. The average molecular weight is 333 g/mol. The largest absolute Gasteiger partial charge is 0.368 e. The highest BCUT2D eigenvalue weighted by Gasteiger charge is 2.36. The van der Waals surface area contributed by atoms with Gasteiger partial charge in [-0.1, -0.05) is 30.3 Å². The Hall–Kier alpha value is -2.03. The molecule has 0 aliphatic carbocycles. The molecule has 0 spiro atoms. The maximum absolute atomic E-state index is 13.0. The molecule has 2 heterocycles. The van der Waals surface area contributed by atoms with E-state index in [-0.39, 0.29) is 16.9 Å². The fourth-order valence-electron chi connectivity index (χ4n) is 2.73. The Morgan fingerprint density at radius 3 is 2.43 bits per heavy atom. The Morgan fingerprint density at radius 2 is 1.78 bits per heavy atom. The van der Waals surface area contributed by atoms with Gasteiger partial charge in [0.25, 0.3) is 0 Å². The van der Waals surface area contributed by atoms with Crippen LogP contribution in [-0.4, -0.2) is 54.3 Å². The van der Waals surface area contributed by atoms with Crippen LogP contribution < -0.4 is 5.73 Å². The lowest BCUT2D eigenvalue weighted by molar-refractivity contribution is 0.160. The summed E-state index contributed by atoms with van der Waals surface area (Å²) in [5.74, 6) is 0.0573. The van der Waals surface area contributed by atoms with Crippen molar-refractivity contribution in [1.82, 2.24) is 19.2 Å². The van der Waals surface area contributed by atoms with Crippen molar-refractivity contribution in [3.05, 3.63) is 48.3 Å². The van der Waals surface area contributed by atoms with Crippen LogP contribution in [0.4, 0.5) is 5.95 Å². The van der Waals surface area contributed by atoms with Crippen LogP contribution in [0, 0.1) is 0 Å². The van der Waals surface area contributed by atoms with Crippen LogP contribution in [0.2, 0.25) is 0 Å². The van der Waals surface area contributed by atoms with Crippen molar-refractivity contribution in [2.24, 2.45) is 0 Å². The van der Waals surface area contributed by atoms with Gasteiger partial charge in [-0.3, -0.25) is 0 Å². The second-order valence-corrected chi connectivity index (χ2v) is 7.47. The van der Waals surface area contributed by atoms with Crippen LogP contribution in [0.1, 0.15) is 11.6 Å². The summed E-state index contributed by atoms with van der Waals surface area (Å²) >= 11 is 0. The number of hydrogen-bond donors (Lipinski definition) is 1. The summed E-state index contributed by atoms with van der Waals surface area (Å²) in [6.07, 6.45) is 2.52. The van der Waals surface area contributed by atoms with Crippen LogP contribution >= 0.6 is 0 Å². The molecule has 23 heavy (non-hydrogen) atoms. The highest BCUT2D eigenvalue weighted by molar-refractivity contribution is 7.89. The normalized spacial score (nSPS) is 20.5. The second-order valence-electron chi connectivity index (χ2n) is 5.58. The Morgan fingerprint density at radius 1 is 1.13 bits per heavy atom. The first-order valence-electron chi connectivity index (χ1n) is 7.31. The minimum Gasteiger partial charge on any atom is -0.368 e. The third-order valence-corrected chi connectivity index (χ3v) is 5.83. The number of anilines is 1. The number of nitrogen functional groups attached to an aromatic ring is 1. The lowest BCUT2D eigenvalue weighted by Gasteiger charge is -2.39. The van der Waals surface area contributed by atoms with Gasteiger partial charge in [0.15, 0.2) is 0 Å². The summed E-state index contributed by atoms with van der Waals surface area (Å²) < 4.78 is 27.5. The van der Waals surface area contributed by atoms with Gasteiger partial charge in [0, 0.05) is 19.6 Å². The SMILES string of the molecule is CN1CCN(S(=O)(=O)c2cnc(N)nc2)C(c2ccccc2)C1. The third-order valence-electron chi connectivity index (χ3n) is 3.97. The molecule has 1 atom stereocenters. The summed E-state index contributed by atoms with van der Waals surface area (Å²) in [5, 5.41) is 0. The van der Waals surface area contributed by atoms with Gasteiger partial charge < -0.3 is 10.6 Å². The first-order chi connectivity index (χ1) is 11.0. The van der Waals surface area contributed by atoms with Crippen LogP contribution in [0.5, 0.6) is 0 Å². The number of benzene rings is 1. The van der Waals surface area contributed by atoms with E-state index < -0.39 is 10.0 Å². The van der Waals surface area contributed by atoms with Crippen molar-refractivity contribution in [1.29, 1.82) is 0 Å². The van der Waals surface area contributed by atoms with Gasteiger partial charge in [0.1, 0.15) is 4.90 Å². The van der Waals surface area contributed by atoms with Gasteiger partial charge in [-0.15, -0.1) is 0 Å². The maximum Gasteiger partial charge on any atom is 0.246 e. The molecule has 0 amide bonds. The van der Waals surface area contributed by atoms with Gasteiger partial charge in [0.2, 0.25) is 16.0 Å². The highest BCUT2D eigenvalue weighted by Crippen LogP contribution is 2.30. The van der Waals surface area contributed by atoms with E-state index in [0.717, 1.165) is 5.56 Å². The Bertz CT molecular complexity index is 764. The Balaban J connectivity index is 1.99.